The van der Waals surface area contributed by atoms with Gasteiger partial charge in [0, 0.05) is 26.1 Å². The first-order valence-electron chi connectivity index (χ1n) is 4.19. The SMILES string of the molecule is CC(=O)N1CCC(NC=O)CC1. The monoisotopic (exact) mass is 170 g/mol. The Morgan fingerprint density at radius 2 is 2.08 bits per heavy atom. The Morgan fingerprint density at radius 3 is 2.50 bits per heavy atom. The Morgan fingerprint density at radius 1 is 1.50 bits per heavy atom. The third-order valence-electron chi connectivity index (χ3n) is 2.24. The van der Waals surface area contributed by atoms with E-state index in [0.717, 1.165) is 32.3 Å². The lowest BCUT2D eigenvalue weighted by atomic mass is 10.1. The second kappa shape index (κ2) is 4.09. The van der Waals surface area contributed by atoms with Crippen LogP contribution < -0.4 is 5.32 Å². The molecule has 68 valence electrons. The van der Waals surface area contributed by atoms with Crippen molar-refractivity contribution in [1.29, 1.82) is 0 Å². The van der Waals surface area contributed by atoms with E-state index in [2.05, 4.69) is 5.32 Å². The van der Waals surface area contributed by atoms with Crippen LogP contribution in [0.2, 0.25) is 0 Å². The molecule has 0 unspecified atom stereocenters. The topological polar surface area (TPSA) is 49.4 Å². The molecule has 4 nitrogen and oxygen atoms in total. The van der Waals surface area contributed by atoms with Crippen molar-refractivity contribution in [1.82, 2.24) is 10.2 Å². The van der Waals surface area contributed by atoms with Crippen molar-refractivity contribution in [3.05, 3.63) is 0 Å². The molecule has 0 saturated carbocycles. The average Bonchev–Trinajstić information content (AvgIpc) is 2.06. The highest BCUT2D eigenvalue weighted by atomic mass is 16.2. The fraction of sp³-hybridized carbons (Fsp3) is 0.750. The maximum absolute atomic E-state index is 10.9. The van der Waals surface area contributed by atoms with Crippen molar-refractivity contribution in [2.45, 2.75) is 25.8 Å². The minimum Gasteiger partial charge on any atom is -0.356 e. The van der Waals surface area contributed by atoms with E-state index in [-0.39, 0.29) is 11.9 Å². The maximum Gasteiger partial charge on any atom is 0.219 e. The van der Waals surface area contributed by atoms with Crippen LogP contribution in [0.4, 0.5) is 0 Å². The molecule has 0 aromatic heterocycles. The molecule has 1 rings (SSSR count). The Hall–Kier alpha value is -1.06. The van der Waals surface area contributed by atoms with Gasteiger partial charge in [-0.1, -0.05) is 0 Å². The van der Waals surface area contributed by atoms with Crippen molar-refractivity contribution < 1.29 is 9.59 Å². The fourth-order valence-electron chi connectivity index (χ4n) is 1.46. The molecule has 0 spiro atoms. The molecule has 1 N–H and O–H groups in total. The molecule has 1 aliphatic heterocycles. The van der Waals surface area contributed by atoms with Crippen LogP contribution in [0.3, 0.4) is 0 Å². The lowest BCUT2D eigenvalue weighted by Gasteiger charge is -2.30. The summed E-state index contributed by atoms with van der Waals surface area (Å²) >= 11 is 0. The number of carbonyl (C=O) groups is 2. The van der Waals surface area contributed by atoms with Gasteiger partial charge in [0.05, 0.1) is 0 Å². The number of piperidine rings is 1. The molecule has 0 aromatic carbocycles. The van der Waals surface area contributed by atoms with E-state index < -0.39 is 0 Å². The number of hydrogen-bond donors (Lipinski definition) is 1. The molecular formula is C8H14N2O2. The summed E-state index contributed by atoms with van der Waals surface area (Å²) in [7, 11) is 0. The maximum atomic E-state index is 10.9. The van der Waals surface area contributed by atoms with Crippen LogP contribution in [0.1, 0.15) is 19.8 Å². The summed E-state index contributed by atoms with van der Waals surface area (Å²) in [6.45, 7) is 3.11. The first kappa shape index (κ1) is 9.03. The van der Waals surface area contributed by atoms with Crippen LogP contribution in [-0.2, 0) is 9.59 Å². The van der Waals surface area contributed by atoms with Gasteiger partial charge in [0.25, 0.3) is 0 Å². The summed E-state index contributed by atoms with van der Waals surface area (Å²) in [5.41, 5.74) is 0. The van der Waals surface area contributed by atoms with Gasteiger partial charge >= 0.3 is 0 Å². The second-order valence-electron chi connectivity index (χ2n) is 3.06. The summed E-state index contributed by atoms with van der Waals surface area (Å²) < 4.78 is 0. The van der Waals surface area contributed by atoms with E-state index in [1.165, 1.54) is 0 Å². The highest BCUT2D eigenvalue weighted by Gasteiger charge is 2.19. The van der Waals surface area contributed by atoms with Crippen molar-refractivity contribution in [3.63, 3.8) is 0 Å². The lowest BCUT2D eigenvalue weighted by Crippen LogP contribution is -2.43. The van der Waals surface area contributed by atoms with E-state index in [4.69, 9.17) is 0 Å². The van der Waals surface area contributed by atoms with Gasteiger partial charge < -0.3 is 10.2 Å². The predicted octanol–water partition coefficient (Wildman–Crippen LogP) is -0.257. The summed E-state index contributed by atoms with van der Waals surface area (Å²) in [6, 6.07) is 0.262. The summed E-state index contributed by atoms with van der Waals surface area (Å²) in [5, 5.41) is 2.73. The normalized spacial score (nSPS) is 18.9. The first-order chi connectivity index (χ1) is 5.74. The van der Waals surface area contributed by atoms with Crippen molar-refractivity contribution >= 4 is 12.3 Å². The van der Waals surface area contributed by atoms with E-state index in [0.29, 0.717) is 0 Å². The molecule has 1 fully saturated rings. The van der Waals surface area contributed by atoms with Gasteiger partial charge in [0.15, 0.2) is 0 Å². The van der Waals surface area contributed by atoms with E-state index >= 15 is 0 Å². The van der Waals surface area contributed by atoms with Gasteiger partial charge in [-0.3, -0.25) is 9.59 Å². The Balaban J connectivity index is 2.29. The van der Waals surface area contributed by atoms with Gasteiger partial charge in [0.2, 0.25) is 12.3 Å². The van der Waals surface area contributed by atoms with Crippen molar-refractivity contribution in [3.8, 4) is 0 Å². The summed E-state index contributed by atoms with van der Waals surface area (Å²) in [6.07, 6.45) is 2.48. The molecule has 4 heteroatoms. The van der Waals surface area contributed by atoms with Crippen LogP contribution in [0.5, 0.6) is 0 Å². The van der Waals surface area contributed by atoms with Crippen LogP contribution in [0.25, 0.3) is 0 Å². The predicted molar refractivity (Wildman–Crippen MR) is 44.5 cm³/mol. The molecule has 0 aliphatic carbocycles. The Bertz CT molecular complexity index is 174. The number of nitrogens with one attached hydrogen (secondary N) is 1. The number of nitrogens with zero attached hydrogens (tertiary/aromatic N) is 1. The molecule has 1 saturated heterocycles. The molecule has 0 radical (unpaired) electrons. The summed E-state index contributed by atoms with van der Waals surface area (Å²) in [4.78, 5) is 22.8. The minimum atomic E-state index is 0.125. The number of carbonyl (C=O) groups excluding carboxylic acids is 2. The highest BCUT2D eigenvalue weighted by Crippen LogP contribution is 2.09. The van der Waals surface area contributed by atoms with Gasteiger partial charge in [0.1, 0.15) is 0 Å². The zero-order chi connectivity index (χ0) is 8.97. The largest absolute Gasteiger partial charge is 0.356 e. The highest BCUT2D eigenvalue weighted by molar-refractivity contribution is 5.73. The van der Waals surface area contributed by atoms with Gasteiger partial charge in [-0.25, -0.2) is 0 Å². The van der Waals surface area contributed by atoms with Crippen LogP contribution in [0.15, 0.2) is 0 Å². The minimum absolute atomic E-state index is 0.125. The average molecular weight is 170 g/mol. The quantitative estimate of drug-likeness (QED) is 0.581. The number of likely N-dealkylation sites (tertiary alicyclic amines) is 1. The van der Waals surface area contributed by atoms with Gasteiger partial charge in [-0.2, -0.15) is 0 Å². The Labute approximate surface area is 71.9 Å². The zero-order valence-corrected chi connectivity index (χ0v) is 7.25. The smallest absolute Gasteiger partial charge is 0.219 e. The molecule has 0 bridgehead atoms. The third kappa shape index (κ3) is 2.22. The van der Waals surface area contributed by atoms with Gasteiger partial charge in [-0.15, -0.1) is 0 Å². The number of hydrogen-bond acceptors (Lipinski definition) is 2. The Kier molecular flexibility index (Phi) is 3.08. The van der Waals surface area contributed by atoms with Crippen LogP contribution in [-0.4, -0.2) is 36.3 Å². The molecule has 0 aromatic rings. The number of amides is 2. The van der Waals surface area contributed by atoms with Crippen LogP contribution in [0, 0.1) is 0 Å². The fourth-order valence-corrected chi connectivity index (χ4v) is 1.46. The summed E-state index contributed by atoms with van der Waals surface area (Å²) in [5.74, 6) is 0.125. The van der Waals surface area contributed by atoms with Crippen molar-refractivity contribution in [2.24, 2.45) is 0 Å². The third-order valence-corrected chi connectivity index (χ3v) is 2.24. The van der Waals surface area contributed by atoms with Gasteiger partial charge in [-0.05, 0) is 12.8 Å². The molecular weight excluding hydrogens is 156 g/mol. The molecule has 0 atom stereocenters. The molecule has 1 aliphatic rings. The van der Waals surface area contributed by atoms with E-state index in [9.17, 15) is 9.59 Å². The van der Waals surface area contributed by atoms with E-state index in [1.807, 2.05) is 4.90 Å². The molecule has 1 heterocycles. The molecule has 2 amide bonds. The molecule has 12 heavy (non-hydrogen) atoms. The van der Waals surface area contributed by atoms with Crippen LogP contribution >= 0.6 is 0 Å². The van der Waals surface area contributed by atoms with Crippen molar-refractivity contribution in [2.75, 3.05) is 13.1 Å². The number of rotatable bonds is 2. The van der Waals surface area contributed by atoms with E-state index in [1.54, 1.807) is 6.92 Å². The zero-order valence-electron chi connectivity index (χ0n) is 7.25. The standard InChI is InChI=1S/C8H14N2O2/c1-7(12)10-4-2-8(3-5-10)9-6-11/h6,8H,2-5H2,1H3,(H,9,11). The lowest BCUT2D eigenvalue weighted by molar-refractivity contribution is -0.129. The first-order valence-corrected chi connectivity index (χ1v) is 4.19. The second-order valence-corrected chi connectivity index (χ2v) is 3.06.